The lowest BCUT2D eigenvalue weighted by Crippen LogP contribution is -2.32. The number of carbonyl (C=O) groups excluding carboxylic acids is 4. The average Bonchev–Trinajstić information content (AvgIpc) is 3.87. The average molecular weight is 555 g/mol. The molecule has 42 heavy (non-hydrogen) atoms. The van der Waals surface area contributed by atoms with Crippen LogP contribution in [0, 0.1) is 47.3 Å². The van der Waals surface area contributed by atoms with Gasteiger partial charge in [0.25, 0.3) is 0 Å². The van der Waals surface area contributed by atoms with Gasteiger partial charge in [-0.25, -0.2) is 9.97 Å². The molecule has 0 unspecified atom stereocenters. The van der Waals surface area contributed by atoms with Gasteiger partial charge in [0, 0.05) is 17.3 Å². The second kappa shape index (κ2) is 8.41. The maximum Gasteiger partial charge on any atom is 0.238 e. The summed E-state index contributed by atoms with van der Waals surface area (Å²) in [5.74, 6) is -0.0616. The normalized spacial score (nSPS) is 33.4. The van der Waals surface area contributed by atoms with Crippen molar-refractivity contribution in [2.24, 2.45) is 47.3 Å². The molecule has 0 radical (unpaired) electrons. The number of allylic oxidation sites excluding steroid dienone is 4. The van der Waals surface area contributed by atoms with Gasteiger partial charge in [0.05, 0.1) is 40.7 Å². The van der Waals surface area contributed by atoms with Crippen LogP contribution in [0.5, 0.6) is 0 Å². The van der Waals surface area contributed by atoms with Crippen LogP contribution in [0.15, 0.2) is 85.1 Å². The molecule has 206 valence electrons. The minimum absolute atomic E-state index is 0.0908. The molecular formula is C34H26N4O4. The summed E-state index contributed by atoms with van der Waals surface area (Å²) < 4.78 is 0. The SMILES string of the molecule is O=C1[C@@H]2[C@H](C(=O)N1c1ccc(-c3nccc(-c4ccc(N5C(=O)[C@@H]6[C@H](C5=O)[C@H]5C=C[C@H]6C5)cc4)n3)cc1)[C@@H]1C=C[C@H]2C1. The largest absolute Gasteiger partial charge is 0.274 e. The highest BCUT2D eigenvalue weighted by Crippen LogP contribution is 2.54. The van der Waals surface area contributed by atoms with Crippen LogP contribution >= 0.6 is 0 Å². The lowest BCUT2D eigenvalue weighted by Gasteiger charge is -2.18. The first kappa shape index (κ1) is 23.9. The zero-order chi connectivity index (χ0) is 28.3. The predicted molar refractivity (Wildman–Crippen MR) is 153 cm³/mol. The summed E-state index contributed by atoms with van der Waals surface area (Å²) in [6.45, 7) is 0. The maximum absolute atomic E-state index is 13.2. The first-order valence-electron chi connectivity index (χ1n) is 14.6. The fourth-order valence-electron chi connectivity index (χ4n) is 8.51. The standard InChI is InChI=1S/C34H26N4O4/c39-31-26-19-1-2-20(15-19)27(26)32(40)37(31)23-9-5-17(6-10-23)25-13-14-35-30(36-25)18-7-11-24(12-8-18)38-33(41)28-21-3-4-22(16-21)29(28)34(38)42/h1-14,19-22,26-29H,15-16H2/t19-,20-,21-,22+,26-,27+,28-,29+/m0/s1. The Balaban J connectivity index is 0.948. The molecule has 8 atom stereocenters. The number of hydrogen-bond donors (Lipinski definition) is 0. The van der Waals surface area contributed by atoms with E-state index in [2.05, 4.69) is 29.3 Å². The van der Waals surface area contributed by atoms with Crippen LogP contribution in [0.2, 0.25) is 0 Å². The third-order valence-corrected chi connectivity index (χ3v) is 10.4. The van der Waals surface area contributed by atoms with Gasteiger partial charge in [0.15, 0.2) is 5.82 Å². The Hall–Kier alpha value is -4.72. The second-order valence-corrected chi connectivity index (χ2v) is 12.4. The van der Waals surface area contributed by atoms with E-state index >= 15 is 0 Å². The molecule has 2 aromatic carbocycles. The minimum Gasteiger partial charge on any atom is -0.274 e. The van der Waals surface area contributed by atoms with Crippen molar-refractivity contribution in [3.63, 3.8) is 0 Å². The minimum atomic E-state index is -0.230. The van der Waals surface area contributed by atoms with Crippen molar-refractivity contribution in [3.8, 4) is 22.6 Å². The molecular weight excluding hydrogens is 528 g/mol. The predicted octanol–water partition coefficient (Wildman–Crippen LogP) is 4.43. The van der Waals surface area contributed by atoms with Gasteiger partial charge in [-0.15, -0.1) is 0 Å². The van der Waals surface area contributed by atoms with Crippen LogP contribution in [0.4, 0.5) is 11.4 Å². The molecule has 2 saturated carbocycles. The molecule has 4 aliphatic carbocycles. The van der Waals surface area contributed by atoms with Gasteiger partial charge < -0.3 is 0 Å². The van der Waals surface area contributed by atoms with E-state index in [0.717, 1.165) is 24.0 Å². The van der Waals surface area contributed by atoms with Gasteiger partial charge in [0.1, 0.15) is 0 Å². The lowest BCUT2D eigenvalue weighted by atomic mass is 9.85. The van der Waals surface area contributed by atoms with Crippen LogP contribution in [0.1, 0.15) is 12.8 Å². The van der Waals surface area contributed by atoms with Crippen molar-refractivity contribution in [1.29, 1.82) is 0 Å². The van der Waals surface area contributed by atoms with Crippen LogP contribution in [0.3, 0.4) is 0 Å². The Morgan fingerprint density at radius 3 is 1.36 bits per heavy atom. The molecule has 4 amide bonds. The molecule has 0 N–H and O–H groups in total. The molecule has 3 aromatic rings. The number of amides is 4. The zero-order valence-corrected chi connectivity index (χ0v) is 22.5. The van der Waals surface area contributed by atoms with Crippen molar-refractivity contribution < 1.29 is 19.2 Å². The Labute approximate surface area is 241 Å². The number of imide groups is 2. The Kier molecular flexibility index (Phi) is 4.79. The van der Waals surface area contributed by atoms with Gasteiger partial charge in [-0.1, -0.05) is 36.4 Å². The number of nitrogens with zero attached hydrogens (tertiary/aromatic N) is 4. The summed E-state index contributed by atoms with van der Waals surface area (Å²) in [5, 5.41) is 0. The molecule has 0 spiro atoms. The number of anilines is 2. The van der Waals surface area contributed by atoms with E-state index in [1.54, 1.807) is 30.5 Å². The third kappa shape index (κ3) is 3.12. The topological polar surface area (TPSA) is 101 Å². The van der Waals surface area contributed by atoms with Gasteiger partial charge in [0.2, 0.25) is 23.6 Å². The van der Waals surface area contributed by atoms with E-state index in [0.29, 0.717) is 22.9 Å². The first-order chi connectivity index (χ1) is 20.5. The highest BCUT2D eigenvalue weighted by atomic mass is 16.2. The molecule has 6 aliphatic rings. The van der Waals surface area contributed by atoms with Crippen LogP contribution in [-0.4, -0.2) is 33.6 Å². The number of hydrogen-bond acceptors (Lipinski definition) is 6. The summed E-state index contributed by atoms with van der Waals surface area (Å²) in [4.78, 5) is 64.6. The van der Waals surface area contributed by atoms with E-state index in [1.165, 1.54) is 9.80 Å². The summed E-state index contributed by atoms with van der Waals surface area (Å²) in [6.07, 6.45) is 11.9. The van der Waals surface area contributed by atoms with Crippen LogP contribution in [0.25, 0.3) is 22.6 Å². The molecule has 2 aliphatic heterocycles. The lowest BCUT2D eigenvalue weighted by molar-refractivity contribution is -0.124. The van der Waals surface area contributed by atoms with Crippen molar-refractivity contribution >= 4 is 35.0 Å². The molecule has 3 heterocycles. The number of rotatable bonds is 4. The number of carbonyl (C=O) groups is 4. The molecule has 9 rings (SSSR count). The van der Waals surface area contributed by atoms with Crippen LogP contribution < -0.4 is 9.80 Å². The van der Waals surface area contributed by atoms with Crippen molar-refractivity contribution in [1.82, 2.24) is 9.97 Å². The van der Waals surface area contributed by atoms with Crippen molar-refractivity contribution in [3.05, 3.63) is 85.1 Å². The molecule has 8 nitrogen and oxygen atoms in total. The van der Waals surface area contributed by atoms with E-state index in [1.807, 2.05) is 30.3 Å². The smallest absolute Gasteiger partial charge is 0.238 e. The number of fused-ring (bicyclic) bond motifs is 10. The summed E-state index contributed by atoms with van der Waals surface area (Å²) >= 11 is 0. The molecule has 4 fully saturated rings. The number of benzene rings is 2. The van der Waals surface area contributed by atoms with Crippen molar-refractivity contribution in [2.45, 2.75) is 12.8 Å². The second-order valence-electron chi connectivity index (χ2n) is 12.4. The zero-order valence-electron chi connectivity index (χ0n) is 22.5. The summed E-state index contributed by atoms with van der Waals surface area (Å²) in [7, 11) is 0. The molecule has 8 heteroatoms. The molecule has 2 saturated heterocycles. The van der Waals surface area contributed by atoms with E-state index < -0.39 is 0 Å². The Bertz CT molecular complexity index is 1590. The summed E-state index contributed by atoms with van der Waals surface area (Å²) in [6, 6.07) is 16.4. The molecule has 1 aromatic heterocycles. The Morgan fingerprint density at radius 1 is 0.524 bits per heavy atom. The monoisotopic (exact) mass is 554 g/mol. The van der Waals surface area contributed by atoms with Gasteiger partial charge >= 0.3 is 0 Å². The van der Waals surface area contributed by atoms with Gasteiger partial charge in [-0.05, 0) is 79.0 Å². The first-order valence-corrected chi connectivity index (χ1v) is 14.6. The number of aromatic nitrogens is 2. The van der Waals surface area contributed by atoms with Crippen LogP contribution in [-0.2, 0) is 19.2 Å². The maximum atomic E-state index is 13.2. The van der Waals surface area contributed by atoms with Gasteiger partial charge in [-0.3, -0.25) is 29.0 Å². The fourth-order valence-corrected chi connectivity index (χ4v) is 8.51. The summed E-state index contributed by atoms with van der Waals surface area (Å²) in [5.41, 5.74) is 3.47. The highest BCUT2D eigenvalue weighted by molar-refractivity contribution is 6.23. The van der Waals surface area contributed by atoms with E-state index in [9.17, 15) is 19.2 Å². The quantitative estimate of drug-likeness (QED) is 0.349. The molecule has 4 bridgehead atoms. The fraction of sp³-hybridized carbons (Fsp3) is 0.294. The third-order valence-electron chi connectivity index (χ3n) is 10.4. The Morgan fingerprint density at radius 2 is 0.929 bits per heavy atom. The van der Waals surface area contributed by atoms with Gasteiger partial charge in [-0.2, -0.15) is 0 Å². The van der Waals surface area contributed by atoms with E-state index in [-0.39, 0.29) is 71.0 Å². The van der Waals surface area contributed by atoms with E-state index in [4.69, 9.17) is 4.98 Å². The highest BCUT2D eigenvalue weighted by Gasteiger charge is 2.60. The van der Waals surface area contributed by atoms with Crippen molar-refractivity contribution in [2.75, 3.05) is 9.80 Å².